The van der Waals surface area contributed by atoms with Crippen molar-refractivity contribution in [1.29, 1.82) is 5.26 Å². The van der Waals surface area contributed by atoms with Crippen molar-refractivity contribution < 1.29 is 9.47 Å². The summed E-state index contributed by atoms with van der Waals surface area (Å²) in [5, 5.41) is 9.08. The minimum Gasteiger partial charge on any atom is -0.487 e. The lowest BCUT2D eigenvalue weighted by molar-refractivity contribution is 0.301. The molecule has 0 fully saturated rings. The number of nitriles is 1. The Bertz CT molecular complexity index is 562. The summed E-state index contributed by atoms with van der Waals surface area (Å²) >= 11 is 0. The lowest BCUT2D eigenvalue weighted by Gasteiger charge is -2.09. The van der Waals surface area contributed by atoms with E-state index in [1.54, 1.807) is 12.3 Å². The van der Waals surface area contributed by atoms with Crippen LogP contribution in [0.15, 0.2) is 42.6 Å². The zero-order valence-corrected chi connectivity index (χ0v) is 9.96. The van der Waals surface area contributed by atoms with Crippen molar-refractivity contribution in [2.24, 2.45) is 0 Å². The van der Waals surface area contributed by atoms with Crippen LogP contribution < -0.4 is 9.47 Å². The van der Waals surface area contributed by atoms with Crippen molar-refractivity contribution in [2.45, 2.75) is 6.61 Å². The summed E-state index contributed by atoms with van der Waals surface area (Å²) in [4.78, 5) is 3.96. The second kappa shape index (κ2) is 5.69. The molecular formula is C14H12N2O2. The molecule has 0 aliphatic rings. The molecule has 2 aromatic rings. The third kappa shape index (κ3) is 2.58. The fourth-order valence-electron chi connectivity index (χ4n) is 1.54. The lowest BCUT2D eigenvalue weighted by atomic mass is 10.2. The molecule has 90 valence electrons. The van der Waals surface area contributed by atoms with Gasteiger partial charge in [0, 0.05) is 12.3 Å². The molecule has 0 aliphatic heterocycles. The summed E-state index contributed by atoms with van der Waals surface area (Å²) in [5.41, 5.74) is 1.35. The van der Waals surface area contributed by atoms with E-state index in [-0.39, 0.29) is 5.88 Å². The van der Waals surface area contributed by atoms with Crippen molar-refractivity contribution in [3.8, 4) is 17.7 Å². The maximum absolute atomic E-state index is 9.08. The van der Waals surface area contributed by atoms with E-state index in [9.17, 15) is 0 Å². The molecule has 0 spiro atoms. The molecule has 0 bridgehead atoms. The summed E-state index contributed by atoms with van der Waals surface area (Å²) in [6.45, 7) is 0.405. The van der Waals surface area contributed by atoms with Crippen LogP contribution in [0.2, 0.25) is 0 Å². The third-order valence-corrected chi connectivity index (χ3v) is 2.42. The first-order chi connectivity index (χ1) is 8.85. The van der Waals surface area contributed by atoms with E-state index in [2.05, 4.69) is 4.98 Å². The number of aromatic nitrogens is 1. The molecule has 4 heteroatoms. The first-order valence-corrected chi connectivity index (χ1v) is 5.45. The fourth-order valence-corrected chi connectivity index (χ4v) is 1.54. The van der Waals surface area contributed by atoms with Gasteiger partial charge in [-0.1, -0.05) is 30.3 Å². The topological polar surface area (TPSA) is 55.1 Å². The van der Waals surface area contributed by atoms with Gasteiger partial charge in [-0.15, -0.1) is 0 Å². The van der Waals surface area contributed by atoms with Gasteiger partial charge in [-0.2, -0.15) is 5.26 Å². The highest BCUT2D eigenvalue weighted by molar-refractivity contribution is 5.48. The van der Waals surface area contributed by atoms with E-state index >= 15 is 0 Å². The van der Waals surface area contributed by atoms with E-state index in [0.717, 1.165) is 5.56 Å². The normalized spacial score (nSPS) is 9.56. The molecule has 1 aromatic heterocycles. The van der Waals surface area contributed by atoms with Gasteiger partial charge in [0.1, 0.15) is 18.4 Å². The Morgan fingerprint density at radius 3 is 2.67 bits per heavy atom. The molecule has 1 heterocycles. The first-order valence-electron chi connectivity index (χ1n) is 5.45. The molecule has 0 radical (unpaired) electrons. The van der Waals surface area contributed by atoms with Gasteiger partial charge in [-0.3, -0.25) is 0 Å². The van der Waals surface area contributed by atoms with Crippen molar-refractivity contribution in [1.82, 2.24) is 4.98 Å². The number of ether oxygens (including phenoxy) is 2. The smallest absolute Gasteiger partial charge is 0.235 e. The van der Waals surface area contributed by atoms with Gasteiger partial charge in [0.2, 0.25) is 5.88 Å². The predicted molar refractivity (Wildman–Crippen MR) is 66.3 cm³/mol. The van der Waals surface area contributed by atoms with Crippen molar-refractivity contribution >= 4 is 0 Å². The zero-order valence-electron chi connectivity index (χ0n) is 9.96. The third-order valence-electron chi connectivity index (χ3n) is 2.42. The molecular weight excluding hydrogens is 228 g/mol. The predicted octanol–water partition coefficient (Wildman–Crippen LogP) is 2.54. The number of hydrogen-bond donors (Lipinski definition) is 0. The second-order valence-corrected chi connectivity index (χ2v) is 3.58. The van der Waals surface area contributed by atoms with E-state index in [1.807, 2.05) is 36.4 Å². The molecule has 4 nitrogen and oxygen atoms in total. The largest absolute Gasteiger partial charge is 0.487 e. The van der Waals surface area contributed by atoms with Gasteiger partial charge >= 0.3 is 0 Å². The summed E-state index contributed by atoms with van der Waals surface area (Å²) < 4.78 is 10.6. The van der Waals surface area contributed by atoms with Crippen molar-refractivity contribution in [2.75, 3.05) is 7.11 Å². The standard InChI is InChI=1S/C14H12N2O2/c1-17-14-12(9-15)13(7-8-16-14)18-10-11-5-3-2-4-6-11/h2-8H,10H2,1H3. The number of methoxy groups -OCH3 is 1. The van der Waals surface area contributed by atoms with Crippen LogP contribution in [0.25, 0.3) is 0 Å². The van der Waals surface area contributed by atoms with Crippen molar-refractivity contribution in [3.63, 3.8) is 0 Å². The van der Waals surface area contributed by atoms with Gasteiger partial charge in [-0.25, -0.2) is 4.98 Å². The van der Waals surface area contributed by atoms with Gasteiger partial charge in [0.15, 0.2) is 5.56 Å². The highest BCUT2D eigenvalue weighted by atomic mass is 16.5. The Morgan fingerprint density at radius 2 is 2.00 bits per heavy atom. The summed E-state index contributed by atoms with van der Waals surface area (Å²) in [7, 11) is 1.48. The first kappa shape index (κ1) is 11.9. The zero-order chi connectivity index (χ0) is 12.8. The minimum absolute atomic E-state index is 0.281. The fraction of sp³-hybridized carbons (Fsp3) is 0.143. The maximum Gasteiger partial charge on any atom is 0.235 e. The van der Waals surface area contributed by atoms with Gasteiger partial charge in [-0.05, 0) is 5.56 Å². The average Bonchev–Trinajstić information content (AvgIpc) is 2.45. The Morgan fingerprint density at radius 1 is 1.22 bits per heavy atom. The van der Waals surface area contributed by atoms with Crippen LogP contribution in [-0.2, 0) is 6.61 Å². The van der Waals surface area contributed by atoms with E-state index in [1.165, 1.54) is 7.11 Å². The summed E-state index contributed by atoms with van der Waals surface area (Å²) in [6, 6.07) is 13.4. The number of rotatable bonds is 4. The molecule has 0 saturated heterocycles. The van der Waals surface area contributed by atoms with Crippen molar-refractivity contribution in [3.05, 3.63) is 53.7 Å². The number of nitrogens with zero attached hydrogens (tertiary/aromatic N) is 2. The Kier molecular flexibility index (Phi) is 3.77. The van der Waals surface area contributed by atoms with Crippen LogP contribution in [0, 0.1) is 11.3 Å². The molecule has 0 atom stereocenters. The molecule has 0 N–H and O–H groups in total. The van der Waals surface area contributed by atoms with Crippen LogP contribution in [0.5, 0.6) is 11.6 Å². The van der Waals surface area contributed by atoms with Gasteiger partial charge in [0.05, 0.1) is 7.11 Å². The van der Waals surface area contributed by atoms with Crippen LogP contribution in [0.4, 0.5) is 0 Å². The molecule has 0 amide bonds. The average molecular weight is 240 g/mol. The Hall–Kier alpha value is -2.54. The monoisotopic (exact) mass is 240 g/mol. The van der Waals surface area contributed by atoms with Gasteiger partial charge in [0.25, 0.3) is 0 Å². The van der Waals surface area contributed by atoms with Crippen LogP contribution in [-0.4, -0.2) is 12.1 Å². The molecule has 1 aromatic carbocycles. The van der Waals surface area contributed by atoms with Crippen LogP contribution >= 0.6 is 0 Å². The van der Waals surface area contributed by atoms with E-state index < -0.39 is 0 Å². The second-order valence-electron chi connectivity index (χ2n) is 3.58. The number of pyridine rings is 1. The summed E-state index contributed by atoms with van der Waals surface area (Å²) in [5.74, 6) is 0.760. The van der Waals surface area contributed by atoms with E-state index in [4.69, 9.17) is 14.7 Å². The van der Waals surface area contributed by atoms with Gasteiger partial charge < -0.3 is 9.47 Å². The summed E-state index contributed by atoms with van der Waals surface area (Å²) in [6.07, 6.45) is 1.56. The minimum atomic E-state index is 0.281. The number of hydrogen-bond acceptors (Lipinski definition) is 4. The molecule has 0 saturated carbocycles. The molecule has 18 heavy (non-hydrogen) atoms. The van der Waals surface area contributed by atoms with E-state index in [0.29, 0.717) is 17.9 Å². The highest BCUT2D eigenvalue weighted by Crippen LogP contribution is 2.25. The Labute approximate surface area is 105 Å². The maximum atomic E-state index is 9.08. The lowest BCUT2D eigenvalue weighted by Crippen LogP contribution is -1.99. The SMILES string of the molecule is COc1nccc(OCc2ccccc2)c1C#N. The quantitative estimate of drug-likeness (QED) is 0.824. The highest BCUT2D eigenvalue weighted by Gasteiger charge is 2.10. The number of benzene rings is 1. The van der Waals surface area contributed by atoms with Crippen LogP contribution in [0.1, 0.15) is 11.1 Å². The molecule has 0 unspecified atom stereocenters. The Balaban J connectivity index is 2.17. The molecule has 2 rings (SSSR count). The van der Waals surface area contributed by atoms with Crippen LogP contribution in [0.3, 0.4) is 0 Å². The molecule has 0 aliphatic carbocycles.